The predicted molar refractivity (Wildman–Crippen MR) is 147 cm³/mol. The molecule has 1 aromatic heterocycles. The summed E-state index contributed by atoms with van der Waals surface area (Å²) in [5.41, 5.74) is 1.35. The molecule has 0 saturated heterocycles. The molecule has 5 rings (SSSR count). The summed E-state index contributed by atoms with van der Waals surface area (Å²) in [6.07, 6.45) is -3.59. The summed E-state index contributed by atoms with van der Waals surface area (Å²) >= 11 is 0.889. The molecule has 7 nitrogen and oxygen atoms in total. The van der Waals surface area contributed by atoms with Crippen LogP contribution in [0.5, 0.6) is 5.06 Å². The monoisotopic (exact) mass is 566 g/mol. The minimum absolute atomic E-state index is 0.106. The van der Waals surface area contributed by atoms with Crippen molar-refractivity contribution in [3.63, 3.8) is 0 Å². The highest BCUT2D eigenvalue weighted by atomic mass is 32.1. The minimum Gasteiger partial charge on any atom is -0.397 e. The fraction of sp³-hybridized carbons (Fsp3) is 0.207. The lowest BCUT2D eigenvalue weighted by Crippen LogP contribution is -2.26. The van der Waals surface area contributed by atoms with E-state index in [-0.39, 0.29) is 39.9 Å². The number of hydrogen-bond donors (Lipinski definition) is 3. The molecular weight excluding hydrogens is 541 g/mol. The van der Waals surface area contributed by atoms with E-state index in [1.54, 1.807) is 18.2 Å². The van der Waals surface area contributed by atoms with Crippen molar-refractivity contribution in [2.75, 3.05) is 5.32 Å². The van der Waals surface area contributed by atoms with Gasteiger partial charge >= 0.3 is 12.3 Å². The molecule has 0 bridgehead atoms. The first-order valence-electron chi connectivity index (χ1n) is 12.5. The standard InChI is InChI=1S/C29H25F3N4O3S/c1-17-11-12-19(25(37)34-20-13-14-20)15-23(17)35-27-36-24(21-9-5-6-10-22(21)29(30,31)32)26(40-27)39-28(38)33-16-18-7-3-2-4-8-18/h2-12,15,20H,13-14,16H2,1H3,(H,33,38)(H,34,37)(H,35,36). The van der Waals surface area contributed by atoms with Crippen LogP contribution in [0.15, 0.2) is 72.8 Å². The Balaban J connectivity index is 1.45. The number of nitrogens with zero attached hydrogens (tertiary/aromatic N) is 1. The van der Waals surface area contributed by atoms with Gasteiger partial charge in [-0.2, -0.15) is 13.2 Å². The molecule has 1 saturated carbocycles. The van der Waals surface area contributed by atoms with Gasteiger partial charge in [0.25, 0.3) is 5.91 Å². The number of benzene rings is 3. The van der Waals surface area contributed by atoms with Crippen LogP contribution in [0.2, 0.25) is 0 Å². The van der Waals surface area contributed by atoms with Crippen LogP contribution in [0.25, 0.3) is 11.3 Å². The number of rotatable bonds is 8. The van der Waals surface area contributed by atoms with Crippen molar-refractivity contribution in [1.82, 2.24) is 15.6 Å². The molecule has 206 valence electrons. The van der Waals surface area contributed by atoms with Gasteiger partial charge < -0.3 is 20.7 Å². The second kappa shape index (κ2) is 11.4. The number of ether oxygens (including phenoxy) is 1. The highest BCUT2D eigenvalue weighted by Gasteiger charge is 2.35. The highest BCUT2D eigenvalue weighted by molar-refractivity contribution is 7.18. The number of halogens is 3. The number of thiazole rings is 1. The molecule has 1 aliphatic carbocycles. The molecule has 3 aromatic carbocycles. The molecule has 0 spiro atoms. The van der Waals surface area contributed by atoms with Gasteiger partial charge in [-0.15, -0.1) is 0 Å². The lowest BCUT2D eigenvalue weighted by molar-refractivity contribution is -0.137. The molecule has 11 heteroatoms. The lowest BCUT2D eigenvalue weighted by atomic mass is 10.0. The molecule has 0 unspecified atom stereocenters. The Bertz CT molecular complexity index is 1540. The molecule has 1 aliphatic rings. The van der Waals surface area contributed by atoms with E-state index in [9.17, 15) is 22.8 Å². The lowest BCUT2D eigenvalue weighted by Gasteiger charge is -2.12. The third kappa shape index (κ3) is 6.60. The van der Waals surface area contributed by atoms with Gasteiger partial charge in [-0.25, -0.2) is 9.78 Å². The number of amides is 2. The van der Waals surface area contributed by atoms with Crippen LogP contribution in [-0.4, -0.2) is 23.0 Å². The van der Waals surface area contributed by atoms with Crippen LogP contribution in [-0.2, 0) is 12.7 Å². The molecule has 3 N–H and O–H groups in total. The van der Waals surface area contributed by atoms with E-state index in [0.29, 0.717) is 11.3 Å². The zero-order valence-corrected chi connectivity index (χ0v) is 22.2. The number of carbonyl (C=O) groups is 2. The first-order valence-corrected chi connectivity index (χ1v) is 13.3. The zero-order valence-electron chi connectivity index (χ0n) is 21.3. The molecule has 2 amide bonds. The summed E-state index contributed by atoms with van der Waals surface area (Å²) in [5, 5.41) is 8.72. The van der Waals surface area contributed by atoms with Crippen LogP contribution in [0.3, 0.4) is 0 Å². The summed E-state index contributed by atoms with van der Waals surface area (Å²) in [7, 11) is 0. The summed E-state index contributed by atoms with van der Waals surface area (Å²) in [4.78, 5) is 29.6. The maximum absolute atomic E-state index is 13.9. The SMILES string of the molecule is Cc1ccc(C(=O)NC2CC2)cc1Nc1nc(-c2ccccc2C(F)(F)F)c(OC(=O)NCc2ccccc2)s1. The van der Waals surface area contributed by atoms with E-state index in [1.165, 1.54) is 18.2 Å². The third-order valence-electron chi connectivity index (χ3n) is 6.20. The number of nitrogens with one attached hydrogen (secondary N) is 3. The van der Waals surface area contributed by atoms with Crippen molar-refractivity contribution in [3.05, 3.63) is 95.1 Å². The number of carbonyl (C=O) groups excluding carboxylic acids is 2. The molecule has 1 heterocycles. The second-order valence-corrected chi connectivity index (χ2v) is 10.3. The summed E-state index contributed by atoms with van der Waals surface area (Å²) in [6.45, 7) is 2.00. The summed E-state index contributed by atoms with van der Waals surface area (Å²) in [6, 6.07) is 19.4. The molecular formula is C29H25F3N4O3S. The molecule has 0 aliphatic heterocycles. The fourth-order valence-electron chi connectivity index (χ4n) is 3.94. The van der Waals surface area contributed by atoms with Gasteiger partial charge in [-0.3, -0.25) is 4.79 Å². The van der Waals surface area contributed by atoms with Crippen LogP contribution >= 0.6 is 11.3 Å². The largest absolute Gasteiger partial charge is 0.417 e. The first kappa shape index (κ1) is 27.2. The molecule has 0 atom stereocenters. The number of hydrogen-bond acceptors (Lipinski definition) is 6. The van der Waals surface area contributed by atoms with Crippen molar-refractivity contribution >= 4 is 34.2 Å². The fourth-order valence-corrected chi connectivity index (χ4v) is 4.78. The number of alkyl halides is 3. The summed E-state index contributed by atoms with van der Waals surface area (Å²) in [5.74, 6) is -0.205. The van der Waals surface area contributed by atoms with Crippen LogP contribution in [0.1, 0.15) is 39.9 Å². The first-order chi connectivity index (χ1) is 19.2. The Kier molecular flexibility index (Phi) is 7.74. The molecule has 0 radical (unpaired) electrons. The van der Waals surface area contributed by atoms with Crippen LogP contribution in [0.4, 0.5) is 28.8 Å². The van der Waals surface area contributed by atoms with E-state index in [4.69, 9.17) is 4.74 Å². The number of aromatic nitrogens is 1. The Morgan fingerprint density at radius 2 is 1.75 bits per heavy atom. The summed E-state index contributed by atoms with van der Waals surface area (Å²) < 4.78 is 47.1. The Hall–Kier alpha value is -4.38. The van der Waals surface area contributed by atoms with E-state index >= 15 is 0 Å². The zero-order chi connectivity index (χ0) is 28.3. The van der Waals surface area contributed by atoms with Crippen molar-refractivity contribution in [1.29, 1.82) is 0 Å². The van der Waals surface area contributed by atoms with Gasteiger partial charge in [-0.05, 0) is 49.1 Å². The average molecular weight is 567 g/mol. The highest BCUT2D eigenvalue weighted by Crippen LogP contribution is 2.44. The Morgan fingerprint density at radius 1 is 1.02 bits per heavy atom. The van der Waals surface area contributed by atoms with Gasteiger partial charge in [0, 0.05) is 29.4 Å². The van der Waals surface area contributed by atoms with Gasteiger partial charge in [0.2, 0.25) is 5.06 Å². The normalized spacial score (nSPS) is 13.0. The predicted octanol–water partition coefficient (Wildman–Crippen LogP) is 7.06. The van der Waals surface area contributed by atoms with Gasteiger partial charge in [0.1, 0.15) is 5.69 Å². The van der Waals surface area contributed by atoms with E-state index < -0.39 is 17.8 Å². The smallest absolute Gasteiger partial charge is 0.397 e. The van der Waals surface area contributed by atoms with Crippen LogP contribution < -0.4 is 20.7 Å². The average Bonchev–Trinajstić information content (AvgIpc) is 3.67. The Labute approximate surface area is 232 Å². The van der Waals surface area contributed by atoms with Gasteiger partial charge in [0.15, 0.2) is 5.13 Å². The molecule has 40 heavy (non-hydrogen) atoms. The van der Waals surface area contributed by atoms with Crippen molar-refractivity contribution in [2.24, 2.45) is 0 Å². The van der Waals surface area contributed by atoms with Crippen molar-refractivity contribution in [2.45, 2.75) is 38.5 Å². The van der Waals surface area contributed by atoms with E-state index in [1.807, 2.05) is 37.3 Å². The molecule has 4 aromatic rings. The topological polar surface area (TPSA) is 92.3 Å². The maximum atomic E-state index is 13.9. The van der Waals surface area contributed by atoms with Crippen LogP contribution in [0, 0.1) is 6.92 Å². The van der Waals surface area contributed by atoms with E-state index in [0.717, 1.165) is 41.4 Å². The van der Waals surface area contributed by atoms with Gasteiger partial charge in [0.05, 0.1) is 5.56 Å². The quantitative estimate of drug-likeness (QED) is 0.212. The van der Waals surface area contributed by atoms with Gasteiger partial charge in [-0.1, -0.05) is 65.9 Å². The van der Waals surface area contributed by atoms with E-state index in [2.05, 4.69) is 20.9 Å². The molecule has 1 fully saturated rings. The number of aryl methyl sites for hydroxylation is 1. The van der Waals surface area contributed by atoms with Crippen molar-refractivity contribution < 1.29 is 27.5 Å². The minimum atomic E-state index is -4.65. The third-order valence-corrected chi connectivity index (χ3v) is 7.05. The van der Waals surface area contributed by atoms with Crippen molar-refractivity contribution in [3.8, 4) is 16.3 Å². The Morgan fingerprint density at radius 3 is 2.48 bits per heavy atom. The second-order valence-electron chi connectivity index (χ2n) is 9.33. The number of anilines is 2. The maximum Gasteiger partial charge on any atom is 0.417 e.